The van der Waals surface area contributed by atoms with Crippen LogP contribution in [0.15, 0.2) is 41.8 Å². The smallest absolute Gasteiger partial charge is 0.251 e. The van der Waals surface area contributed by atoms with Crippen LogP contribution in [0.5, 0.6) is 0 Å². The van der Waals surface area contributed by atoms with E-state index in [-0.39, 0.29) is 12.5 Å². The molecule has 1 heterocycles. The number of aliphatic hydroxyl groups excluding tert-OH is 1. The molecule has 0 aliphatic heterocycles. The number of amides is 1. The number of rotatable bonds is 3. The quantitative estimate of drug-likeness (QED) is 0.839. The summed E-state index contributed by atoms with van der Waals surface area (Å²) in [6, 6.07) is 11.0. The third kappa shape index (κ3) is 3.68. The number of nitrogens with one attached hydrogen (secondary N) is 1. The molecule has 1 aromatic heterocycles. The second kappa shape index (κ2) is 6.74. The van der Waals surface area contributed by atoms with Crippen molar-refractivity contribution in [2.75, 3.05) is 6.61 Å². The number of hydrogen-bond acceptors (Lipinski definition) is 3. The Balaban J connectivity index is 2.00. The average Bonchev–Trinajstić information content (AvgIpc) is 2.91. The normalized spacial score (nSPS) is 9.53. The predicted molar refractivity (Wildman–Crippen MR) is 75.9 cm³/mol. The van der Waals surface area contributed by atoms with Crippen molar-refractivity contribution in [3.63, 3.8) is 0 Å². The molecule has 1 aromatic carbocycles. The molecule has 0 bridgehead atoms. The lowest BCUT2D eigenvalue weighted by Crippen LogP contribution is -2.22. The fourth-order valence-corrected chi connectivity index (χ4v) is 2.35. The molecule has 3 nitrogen and oxygen atoms in total. The van der Waals surface area contributed by atoms with Crippen molar-refractivity contribution in [3.05, 3.63) is 57.8 Å². The van der Waals surface area contributed by atoms with Crippen LogP contribution in [0.3, 0.4) is 0 Å². The van der Waals surface area contributed by atoms with Crippen molar-refractivity contribution in [1.82, 2.24) is 5.32 Å². The third-order valence-corrected chi connectivity index (χ3v) is 3.41. The zero-order valence-electron chi connectivity index (χ0n) is 10.2. The molecule has 96 valence electrons. The maximum Gasteiger partial charge on any atom is 0.251 e. The van der Waals surface area contributed by atoms with Crippen molar-refractivity contribution >= 4 is 17.2 Å². The van der Waals surface area contributed by atoms with Gasteiger partial charge < -0.3 is 10.4 Å². The minimum absolute atomic E-state index is 0.102. The molecule has 0 saturated heterocycles. The number of carbonyl (C=O) groups is 1. The highest BCUT2D eigenvalue weighted by Gasteiger charge is 2.06. The van der Waals surface area contributed by atoms with Crippen LogP contribution in [-0.4, -0.2) is 17.6 Å². The van der Waals surface area contributed by atoms with E-state index in [9.17, 15) is 4.79 Å². The van der Waals surface area contributed by atoms with Gasteiger partial charge in [0.15, 0.2) is 0 Å². The van der Waals surface area contributed by atoms with Crippen LogP contribution in [0.25, 0.3) is 0 Å². The standard InChI is InChI=1S/C15H13NO2S/c17-9-4-7-12-8-10-19-14(12)11-16-15(18)13-5-2-1-3-6-13/h1-3,5-6,8,10,17H,9,11H2,(H,16,18). The topological polar surface area (TPSA) is 49.3 Å². The summed E-state index contributed by atoms with van der Waals surface area (Å²) in [5.41, 5.74) is 1.49. The van der Waals surface area contributed by atoms with E-state index in [4.69, 9.17) is 5.11 Å². The molecule has 2 N–H and O–H groups in total. The first kappa shape index (κ1) is 13.3. The van der Waals surface area contributed by atoms with Crippen LogP contribution in [0.2, 0.25) is 0 Å². The molecule has 0 spiro atoms. The monoisotopic (exact) mass is 271 g/mol. The fraction of sp³-hybridized carbons (Fsp3) is 0.133. The highest BCUT2D eigenvalue weighted by Crippen LogP contribution is 2.15. The van der Waals surface area contributed by atoms with Gasteiger partial charge >= 0.3 is 0 Å². The van der Waals surface area contributed by atoms with E-state index >= 15 is 0 Å². The molecule has 2 rings (SSSR count). The second-order valence-electron chi connectivity index (χ2n) is 3.77. The van der Waals surface area contributed by atoms with Crippen LogP contribution in [0.1, 0.15) is 20.8 Å². The Labute approximate surface area is 115 Å². The summed E-state index contributed by atoms with van der Waals surface area (Å²) in [5, 5.41) is 13.5. The lowest BCUT2D eigenvalue weighted by Gasteiger charge is -2.04. The molecule has 0 fully saturated rings. The predicted octanol–water partition coefficient (Wildman–Crippen LogP) is 2.02. The van der Waals surface area contributed by atoms with Crippen molar-refractivity contribution in [1.29, 1.82) is 0 Å². The molecule has 0 aliphatic rings. The molecule has 0 unspecified atom stereocenters. The maximum atomic E-state index is 11.9. The van der Waals surface area contributed by atoms with Crippen LogP contribution < -0.4 is 5.32 Å². The van der Waals surface area contributed by atoms with E-state index in [1.165, 1.54) is 11.3 Å². The number of benzene rings is 1. The van der Waals surface area contributed by atoms with Crippen molar-refractivity contribution in [3.8, 4) is 11.8 Å². The summed E-state index contributed by atoms with van der Waals surface area (Å²) in [6.45, 7) is 0.284. The number of hydrogen-bond donors (Lipinski definition) is 2. The van der Waals surface area contributed by atoms with Crippen LogP contribution in [-0.2, 0) is 6.54 Å². The zero-order valence-corrected chi connectivity index (χ0v) is 11.0. The highest BCUT2D eigenvalue weighted by atomic mass is 32.1. The van der Waals surface area contributed by atoms with Gasteiger partial charge in [-0.15, -0.1) is 11.3 Å². The molecular formula is C15H13NO2S. The summed E-state index contributed by atoms with van der Waals surface area (Å²) >= 11 is 1.54. The number of carbonyl (C=O) groups excluding carboxylic acids is 1. The molecular weight excluding hydrogens is 258 g/mol. The fourth-order valence-electron chi connectivity index (χ4n) is 1.58. The molecule has 0 saturated carbocycles. The van der Waals surface area contributed by atoms with Crippen LogP contribution >= 0.6 is 11.3 Å². The van der Waals surface area contributed by atoms with Gasteiger partial charge in [0.05, 0.1) is 6.54 Å². The van der Waals surface area contributed by atoms with Gasteiger partial charge in [0.25, 0.3) is 5.91 Å². The van der Waals surface area contributed by atoms with Crippen molar-refractivity contribution < 1.29 is 9.90 Å². The Morgan fingerprint density at radius 3 is 2.79 bits per heavy atom. The Kier molecular flexibility index (Phi) is 4.73. The lowest BCUT2D eigenvalue weighted by molar-refractivity contribution is 0.0951. The van der Waals surface area contributed by atoms with E-state index in [0.717, 1.165) is 10.4 Å². The number of thiophene rings is 1. The minimum atomic E-state index is -0.161. The Bertz CT molecular complexity index is 608. The van der Waals surface area contributed by atoms with Gasteiger partial charge in [0.2, 0.25) is 0 Å². The molecule has 4 heteroatoms. The first-order valence-corrected chi connectivity index (χ1v) is 6.68. The molecule has 0 atom stereocenters. The summed E-state index contributed by atoms with van der Waals surface area (Å²) in [4.78, 5) is 12.9. The molecule has 0 radical (unpaired) electrons. The molecule has 19 heavy (non-hydrogen) atoms. The highest BCUT2D eigenvalue weighted by molar-refractivity contribution is 7.10. The van der Waals surface area contributed by atoms with Crippen molar-refractivity contribution in [2.24, 2.45) is 0 Å². The Morgan fingerprint density at radius 1 is 1.26 bits per heavy atom. The Morgan fingerprint density at radius 2 is 2.05 bits per heavy atom. The van der Waals surface area contributed by atoms with E-state index < -0.39 is 0 Å². The largest absolute Gasteiger partial charge is 0.384 e. The van der Waals surface area contributed by atoms with Gasteiger partial charge in [0, 0.05) is 16.0 Å². The second-order valence-corrected chi connectivity index (χ2v) is 4.77. The third-order valence-electron chi connectivity index (χ3n) is 2.49. The van der Waals surface area contributed by atoms with Gasteiger partial charge in [-0.1, -0.05) is 30.0 Å². The van der Waals surface area contributed by atoms with Crippen LogP contribution in [0, 0.1) is 11.8 Å². The van der Waals surface area contributed by atoms with E-state index in [1.54, 1.807) is 12.1 Å². The molecule has 2 aromatic rings. The minimum Gasteiger partial charge on any atom is -0.384 e. The van der Waals surface area contributed by atoms with Gasteiger partial charge in [0.1, 0.15) is 6.61 Å². The zero-order chi connectivity index (χ0) is 13.5. The Hall–Kier alpha value is -2.09. The average molecular weight is 271 g/mol. The SMILES string of the molecule is O=C(NCc1sccc1C#CCO)c1ccccc1. The summed E-state index contributed by atoms with van der Waals surface area (Å²) < 4.78 is 0. The van der Waals surface area contributed by atoms with E-state index in [1.807, 2.05) is 29.6 Å². The van der Waals surface area contributed by atoms with Crippen molar-refractivity contribution in [2.45, 2.75) is 6.54 Å². The lowest BCUT2D eigenvalue weighted by atomic mass is 10.2. The van der Waals surface area contributed by atoms with Gasteiger partial charge in [-0.3, -0.25) is 4.79 Å². The van der Waals surface area contributed by atoms with E-state index in [2.05, 4.69) is 17.2 Å². The first-order valence-electron chi connectivity index (χ1n) is 5.80. The number of aliphatic hydroxyl groups is 1. The van der Waals surface area contributed by atoms with E-state index in [0.29, 0.717) is 12.1 Å². The molecule has 1 amide bonds. The van der Waals surface area contributed by atoms with Crippen LogP contribution in [0.4, 0.5) is 0 Å². The summed E-state index contributed by atoms with van der Waals surface area (Å²) in [7, 11) is 0. The summed E-state index contributed by atoms with van der Waals surface area (Å²) in [6.07, 6.45) is 0. The summed E-state index contributed by atoms with van der Waals surface area (Å²) in [5.74, 6) is 5.37. The molecule has 0 aliphatic carbocycles. The van der Waals surface area contributed by atoms with Gasteiger partial charge in [-0.05, 0) is 23.6 Å². The van der Waals surface area contributed by atoms with Gasteiger partial charge in [-0.25, -0.2) is 0 Å². The first-order chi connectivity index (χ1) is 9.31. The van der Waals surface area contributed by atoms with Gasteiger partial charge in [-0.2, -0.15) is 0 Å². The maximum absolute atomic E-state index is 11.9.